The Bertz CT molecular complexity index is 2800. The average Bonchev–Trinajstić information content (AvgIpc) is 3.11. The number of phenols is 1. The fourth-order valence-electron chi connectivity index (χ4n) is 5.21. The molecule has 0 atom stereocenters. The van der Waals surface area contributed by atoms with Crippen LogP contribution in [0.4, 0.5) is 22.7 Å². The van der Waals surface area contributed by atoms with E-state index in [4.69, 9.17) is 4.18 Å². The number of aromatic hydroxyl groups is 1. The first kappa shape index (κ1) is 43.9. The van der Waals surface area contributed by atoms with Gasteiger partial charge in [-0.15, -0.1) is 5.11 Å². The summed E-state index contributed by atoms with van der Waals surface area (Å²) in [6, 6.07) is 28.3. The number of rotatable bonds is 10. The van der Waals surface area contributed by atoms with Gasteiger partial charge in [0.25, 0.3) is 0 Å². The normalized spacial score (nSPS) is 12.1. The summed E-state index contributed by atoms with van der Waals surface area (Å²) in [7, 11) is -14.1. The number of aryl methyl sites for hydroxylation is 2. The van der Waals surface area contributed by atoms with E-state index in [0.717, 1.165) is 41.0 Å². The first-order valence-corrected chi connectivity index (χ1v) is 19.6. The van der Waals surface area contributed by atoms with Crippen LogP contribution in [0.25, 0.3) is 21.9 Å². The number of nitrogens with zero attached hydrogens (tertiary/aromatic N) is 4. The van der Waals surface area contributed by atoms with Gasteiger partial charge < -0.3 is 18.4 Å². The molecule has 14 nitrogen and oxygen atoms in total. The fraction of sp³-hybridized carbons (Fsp3) is 0.0556. The molecule has 6 aromatic rings. The van der Waals surface area contributed by atoms with Gasteiger partial charge in [0.05, 0.1) is 26.9 Å². The molecule has 0 aromatic heterocycles. The Morgan fingerprint density at radius 3 is 1.67 bits per heavy atom. The van der Waals surface area contributed by atoms with E-state index in [1.165, 1.54) is 24.3 Å². The molecule has 0 unspecified atom stereocenters. The smallest absolute Gasteiger partial charge is 0.744 e. The van der Waals surface area contributed by atoms with Gasteiger partial charge in [0, 0.05) is 5.39 Å². The molecule has 0 spiro atoms. The van der Waals surface area contributed by atoms with E-state index in [9.17, 15) is 39.5 Å². The summed E-state index contributed by atoms with van der Waals surface area (Å²) >= 11 is 0. The number of hydrogen-bond acceptors (Lipinski definition) is 14. The predicted molar refractivity (Wildman–Crippen MR) is 192 cm³/mol. The zero-order valence-electron chi connectivity index (χ0n) is 29.6. The van der Waals surface area contributed by atoms with Crippen molar-refractivity contribution in [2.24, 2.45) is 20.5 Å². The third-order valence-corrected chi connectivity index (χ3v) is 10.9. The van der Waals surface area contributed by atoms with E-state index in [1.54, 1.807) is 55.5 Å². The zero-order valence-corrected chi connectivity index (χ0v) is 36.1. The van der Waals surface area contributed by atoms with Crippen LogP contribution in [0, 0.1) is 13.8 Å². The number of phenolic OH excluding ortho intramolecular Hbond substituents is 1. The van der Waals surface area contributed by atoms with E-state index >= 15 is 0 Å². The van der Waals surface area contributed by atoms with Gasteiger partial charge in [0.2, 0.25) is 0 Å². The molecule has 0 heterocycles. The van der Waals surface area contributed by atoms with E-state index in [2.05, 4.69) is 20.5 Å². The van der Waals surface area contributed by atoms with Crippen LogP contribution in [-0.4, -0.2) is 39.5 Å². The second kappa shape index (κ2) is 17.5. The van der Waals surface area contributed by atoms with Crippen molar-refractivity contribution in [1.29, 1.82) is 0 Å². The quantitative estimate of drug-likeness (QED) is 0.0918. The SMILES string of the molecule is Cc1cc(-c2ccc(N=Nc3c(S(=O)(=O)[O-])cc4cc(S(=O)(=O)[O-])ccc4c3O)c(C)c2)ccc1N=Nc1ccc(OS(=O)(=O)c2ccccc2)cc1.[Na+].[Na+]. The molecule has 0 amide bonds. The first-order valence-electron chi connectivity index (χ1n) is 15.4. The number of azo groups is 2. The number of hydrogen-bond donors (Lipinski definition) is 1. The standard InChI is InChI=1S/C36H28N4O10S3.2Na/c1-22-18-24(8-16-32(22)38-37-27-10-12-28(13-11-27)50-53(48,49)29-6-4-3-5-7-29)25-9-17-33(23(2)19-25)39-40-35-34(52(45,46)47)21-26-20-30(51(42,43)44)14-15-31(26)36(35)41;;/h3-21,41H,1-2H3,(H,42,43,44)(H,45,46,47);;/q;2*+1/p-2. The van der Waals surface area contributed by atoms with Crippen molar-refractivity contribution in [3.63, 3.8) is 0 Å². The van der Waals surface area contributed by atoms with Crippen LogP contribution in [0.1, 0.15) is 11.1 Å². The molecule has 0 aliphatic carbocycles. The fourth-order valence-corrected chi connectivity index (χ4v) is 7.32. The van der Waals surface area contributed by atoms with Crippen LogP contribution in [0.3, 0.4) is 0 Å². The summed E-state index contributed by atoms with van der Waals surface area (Å²) in [6.07, 6.45) is 0. The molecule has 0 radical (unpaired) electrons. The Morgan fingerprint density at radius 2 is 1.15 bits per heavy atom. The minimum Gasteiger partial charge on any atom is -0.744 e. The summed E-state index contributed by atoms with van der Waals surface area (Å²) in [5.74, 6) is -0.613. The van der Waals surface area contributed by atoms with Crippen LogP contribution in [0.2, 0.25) is 0 Å². The van der Waals surface area contributed by atoms with Crippen LogP contribution >= 0.6 is 0 Å². The molecule has 0 saturated heterocycles. The summed E-state index contributed by atoms with van der Waals surface area (Å²) in [6.45, 7) is 3.59. The van der Waals surface area contributed by atoms with Crippen molar-refractivity contribution in [2.75, 3.05) is 0 Å². The molecular weight excluding hydrogens is 791 g/mol. The number of fused-ring (bicyclic) bond motifs is 1. The van der Waals surface area contributed by atoms with Crippen LogP contribution in [0.15, 0.2) is 150 Å². The third kappa shape index (κ3) is 10.3. The van der Waals surface area contributed by atoms with E-state index < -0.39 is 51.6 Å². The van der Waals surface area contributed by atoms with Gasteiger partial charge in [0.15, 0.2) is 5.75 Å². The van der Waals surface area contributed by atoms with Gasteiger partial charge in [-0.1, -0.05) is 30.3 Å². The van der Waals surface area contributed by atoms with E-state index in [1.807, 2.05) is 25.1 Å². The van der Waals surface area contributed by atoms with Gasteiger partial charge in [-0.2, -0.15) is 23.8 Å². The molecule has 0 saturated carbocycles. The summed E-state index contributed by atoms with van der Waals surface area (Å²) < 4.78 is 101. The predicted octanol–water partition coefficient (Wildman–Crippen LogP) is 2.24. The molecule has 6 aromatic carbocycles. The molecule has 19 heteroatoms. The van der Waals surface area contributed by atoms with Crippen molar-refractivity contribution in [3.8, 4) is 22.6 Å². The van der Waals surface area contributed by atoms with Crippen molar-refractivity contribution in [1.82, 2.24) is 0 Å². The van der Waals surface area contributed by atoms with Crippen molar-refractivity contribution < 1.29 is 103 Å². The Labute approximate surface area is 361 Å². The van der Waals surface area contributed by atoms with Crippen molar-refractivity contribution in [2.45, 2.75) is 28.5 Å². The third-order valence-electron chi connectivity index (χ3n) is 7.91. The first-order chi connectivity index (χ1) is 25.0. The number of benzene rings is 6. The van der Waals surface area contributed by atoms with Crippen LogP contribution in [0.5, 0.6) is 11.5 Å². The Hall–Kier alpha value is -3.85. The topological polar surface area (TPSA) is 227 Å². The Kier molecular flexibility index (Phi) is 14.0. The minimum atomic E-state index is -5.23. The van der Waals surface area contributed by atoms with Gasteiger partial charge >= 0.3 is 69.2 Å². The zero-order chi connectivity index (χ0) is 38.1. The van der Waals surface area contributed by atoms with E-state index in [-0.39, 0.29) is 80.5 Å². The summed E-state index contributed by atoms with van der Waals surface area (Å²) in [4.78, 5) is -1.59. The molecule has 270 valence electrons. The Balaban J connectivity index is 0.00000336. The molecule has 0 bridgehead atoms. The molecule has 0 aliphatic heterocycles. The second-order valence-corrected chi connectivity index (χ2v) is 15.9. The summed E-state index contributed by atoms with van der Waals surface area (Å²) in [5, 5.41) is 27.2. The minimum absolute atomic E-state index is 0. The molecule has 1 N–H and O–H groups in total. The molecule has 55 heavy (non-hydrogen) atoms. The Morgan fingerprint density at radius 1 is 0.582 bits per heavy atom. The van der Waals surface area contributed by atoms with Gasteiger partial charge in [0.1, 0.15) is 36.6 Å². The van der Waals surface area contributed by atoms with Crippen molar-refractivity contribution >= 4 is 63.9 Å². The summed E-state index contributed by atoms with van der Waals surface area (Å²) in [5.41, 5.74) is 3.77. The second-order valence-electron chi connectivity index (χ2n) is 11.6. The maximum atomic E-state index is 12.5. The van der Waals surface area contributed by atoms with Crippen LogP contribution in [-0.2, 0) is 30.4 Å². The van der Waals surface area contributed by atoms with Gasteiger partial charge in [-0.25, -0.2) is 16.8 Å². The molecule has 0 fully saturated rings. The molecule has 0 aliphatic rings. The molecular formula is C36H26N4Na2O10S3. The van der Waals surface area contributed by atoms with Crippen LogP contribution < -0.4 is 63.3 Å². The van der Waals surface area contributed by atoms with Gasteiger partial charge in [-0.05, 0) is 126 Å². The maximum Gasteiger partial charge on any atom is 1.00 e. The average molecular weight is 817 g/mol. The van der Waals surface area contributed by atoms with Crippen molar-refractivity contribution in [3.05, 3.63) is 126 Å². The molecule has 6 rings (SSSR count). The maximum absolute atomic E-state index is 12.5. The van der Waals surface area contributed by atoms with E-state index in [0.29, 0.717) is 22.6 Å². The largest absolute Gasteiger partial charge is 1.00 e. The monoisotopic (exact) mass is 816 g/mol. The van der Waals surface area contributed by atoms with Gasteiger partial charge in [-0.3, -0.25) is 0 Å².